The zero-order valence-electron chi connectivity index (χ0n) is 21.8. The molecule has 0 aromatic heterocycles. The largest absolute Gasteiger partial charge is 0.447 e. The molecule has 0 aliphatic carbocycles. The maximum atomic E-state index is 12.2. The normalized spacial score (nSPS) is 11.6. The van der Waals surface area contributed by atoms with Gasteiger partial charge in [0, 0.05) is 40.8 Å². The van der Waals surface area contributed by atoms with Gasteiger partial charge in [-0.1, -0.05) is 41.9 Å². The number of nitrogens with one attached hydrogen (secondary N) is 2. The van der Waals surface area contributed by atoms with Crippen LogP contribution in [0.25, 0.3) is 0 Å². The molecule has 4 rings (SSSR count). The van der Waals surface area contributed by atoms with Crippen LogP contribution in [0, 0.1) is 11.8 Å². The zero-order chi connectivity index (χ0) is 27.5. The van der Waals surface area contributed by atoms with Gasteiger partial charge in [-0.25, -0.2) is 4.79 Å². The number of ether oxygens (including phenoxy) is 3. The molecule has 0 bridgehead atoms. The second-order valence-corrected chi connectivity index (χ2v) is 9.47. The summed E-state index contributed by atoms with van der Waals surface area (Å²) in [7, 11) is 3.23. The van der Waals surface area contributed by atoms with Gasteiger partial charge in [0.1, 0.15) is 12.3 Å². The van der Waals surface area contributed by atoms with E-state index in [0.717, 1.165) is 32.2 Å². The van der Waals surface area contributed by atoms with Crippen LogP contribution in [0.15, 0.2) is 81.5 Å². The topological polar surface area (TPSA) is 98.3 Å². The number of hydrogen-bond donors (Lipinski definition) is 2. The number of carbonyl (C=O) groups is 2. The van der Waals surface area contributed by atoms with E-state index in [2.05, 4.69) is 33.5 Å². The van der Waals surface area contributed by atoms with Crippen molar-refractivity contribution in [3.8, 4) is 11.8 Å². The first-order valence-corrected chi connectivity index (χ1v) is 13.2. The lowest BCUT2D eigenvalue weighted by atomic mass is 10.1. The number of aliphatic imine (C=N–C) groups is 1. The van der Waals surface area contributed by atoms with Gasteiger partial charge in [0.25, 0.3) is 5.91 Å². The molecular formula is C30H29N3O5S. The molecule has 1 aliphatic rings. The van der Waals surface area contributed by atoms with Gasteiger partial charge in [0.2, 0.25) is 0 Å². The fourth-order valence-electron chi connectivity index (χ4n) is 3.75. The van der Waals surface area contributed by atoms with Crippen molar-refractivity contribution in [2.24, 2.45) is 4.99 Å². The lowest BCUT2D eigenvalue weighted by Crippen LogP contribution is -2.18. The van der Waals surface area contributed by atoms with Crippen LogP contribution in [0.1, 0.15) is 27.0 Å². The van der Waals surface area contributed by atoms with Crippen molar-refractivity contribution in [2.45, 2.75) is 16.3 Å². The number of carbonyl (C=O) groups excluding carboxylic acids is 2. The van der Waals surface area contributed by atoms with E-state index in [-0.39, 0.29) is 12.5 Å². The van der Waals surface area contributed by atoms with Crippen molar-refractivity contribution in [3.63, 3.8) is 0 Å². The predicted octanol–water partition coefficient (Wildman–Crippen LogP) is 4.76. The second kappa shape index (κ2) is 14.2. The van der Waals surface area contributed by atoms with Gasteiger partial charge in [-0.3, -0.25) is 15.1 Å². The standard InChI is InChI=1S/C30H29N3O5S/c1-31-29(34)26-8-3-4-9-28(26)39-24-11-12-25-22(19-24)20-32-27(25)13-10-21-6-5-7-23(18-21)33-30(35)38-17-16-37-15-14-36-2/h3-9,11-12,18-19H,14-17,20H2,1-2H3,(H,31,34)(H,33,35). The van der Waals surface area contributed by atoms with E-state index in [9.17, 15) is 9.59 Å². The Balaban J connectivity index is 1.36. The van der Waals surface area contributed by atoms with Crippen molar-refractivity contribution in [1.82, 2.24) is 5.32 Å². The highest BCUT2D eigenvalue weighted by Gasteiger charge is 2.16. The minimum atomic E-state index is -0.559. The Kier molecular flexibility index (Phi) is 10.1. The third-order valence-electron chi connectivity index (χ3n) is 5.65. The SMILES string of the molecule is CNC(=O)c1ccccc1Sc1ccc2c(c1)CN=C2C#Cc1cccc(NC(=O)OCCOCCOC)c1. The van der Waals surface area contributed by atoms with E-state index < -0.39 is 6.09 Å². The van der Waals surface area contributed by atoms with E-state index in [0.29, 0.717) is 37.6 Å². The molecule has 0 unspecified atom stereocenters. The number of rotatable bonds is 10. The number of hydrogen-bond acceptors (Lipinski definition) is 7. The molecule has 2 amide bonds. The van der Waals surface area contributed by atoms with E-state index >= 15 is 0 Å². The van der Waals surface area contributed by atoms with Crippen LogP contribution in [0.3, 0.4) is 0 Å². The molecule has 1 aliphatic heterocycles. The minimum Gasteiger partial charge on any atom is -0.447 e. The molecule has 39 heavy (non-hydrogen) atoms. The number of fused-ring (bicyclic) bond motifs is 1. The first-order valence-electron chi connectivity index (χ1n) is 12.4. The van der Waals surface area contributed by atoms with Crippen LogP contribution >= 0.6 is 11.8 Å². The first kappa shape index (κ1) is 27.9. The molecule has 9 heteroatoms. The van der Waals surface area contributed by atoms with Gasteiger partial charge >= 0.3 is 6.09 Å². The van der Waals surface area contributed by atoms with Crippen LogP contribution < -0.4 is 10.6 Å². The highest BCUT2D eigenvalue weighted by Crippen LogP contribution is 2.33. The molecule has 0 radical (unpaired) electrons. The van der Waals surface area contributed by atoms with E-state index in [1.54, 1.807) is 38.1 Å². The van der Waals surface area contributed by atoms with Gasteiger partial charge in [0.15, 0.2) is 0 Å². The summed E-state index contributed by atoms with van der Waals surface area (Å²) >= 11 is 1.55. The quantitative estimate of drug-likeness (QED) is 0.283. The molecule has 2 N–H and O–H groups in total. The van der Waals surface area contributed by atoms with Crippen molar-refractivity contribution < 1.29 is 23.8 Å². The zero-order valence-corrected chi connectivity index (χ0v) is 22.6. The minimum absolute atomic E-state index is 0.111. The smallest absolute Gasteiger partial charge is 0.411 e. The van der Waals surface area contributed by atoms with Crippen LogP contribution in [0.4, 0.5) is 10.5 Å². The Morgan fingerprint density at radius 2 is 1.82 bits per heavy atom. The second-order valence-electron chi connectivity index (χ2n) is 8.36. The summed E-state index contributed by atoms with van der Waals surface area (Å²) in [5.41, 5.74) is 4.77. The maximum absolute atomic E-state index is 12.2. The Morgan fingerprint density at radius 1 is 0.974 bits per heavy atom. The van der Waals surface area contributed by atoms with Crippen LogP contribution in [-0.4, -0.2) is 58.3 Å². The maximum Gasteiger partial charge on any atom is 0.411 e. The molecule has 3 aromatic carbocycles. The third kappa shape index (κ3) is 7.94. The monoisotopic (exact) mass is 543 g/mol. The van der Waals surface area contributed by atoms with E-state index in [1.807, 2.05) is 48.5 Å². The summed E-state index contributed by atoms with van der Waals surface area (Å²) in [6.07, 6.45) is -0.559. The van der Waals surface area contributed by atoms with Crippen molar-refractivity contribution in [1.29, 1.82) is 0 Å². The fraction of sp³-hybridized carbons (Fsp3) is 0.233. The number of anilines is 1. The summed E-state index contributed by atoms with van der Waals surface area (Å²) in [4.78, 5) is 30.8. The number of benzene rings is 3. The number of nitrogens with zero attached hydrogens (tertiary/aromatic N) is 1. The van der Waals surface area contributed by atoms with Gasteiger partial charge in [0.05, 0.1) is 31.9 Å². The summed E-state index contributed by atoms with van der Waals surface area (Å²) in [6.45, 7) is 1.94. The van der Waals surface area contributed by atoms with Gasteiger partial charge in [-0.05, 0) is 53.9 Å². The Morgan fingerprint density at radius 3 is 2.67 bits per heavy atom. The molecule has 0 fully saturated rings. The highest BCUT2D eigenvalue weighted by atomic mass is 32.2. The summed E-state index contributed by atoms with van der Waals surface area (Å²) in [5.74, 6) is 6.19. The van der Waals surface area contributed by atoms with Gasteiger partial charge in [-0.2, -0.15) is 0 Å². The number of methoxy groups -OCH3 is 1. The van der Waals surface area contributed by atoms with Crippen LogP contribution in [-0.2, 0) is 20.8 Å². The predicted molar refractivity (Wildman–Crippen MR) is 152 cm³/mol. The first-order chi connectivity index (χ1) is 19.1. The molecule has 200 valence electrons. The summed E-state index contributed by atoms with van der Waals surface area (Å²) in [6, 6.07) is 20.9. The lowest BCUT2D eigenvalue weighted by Gasteiger charge is -2.09. The van der Waals surface area contributed by atoms with E-state index in [4.69, 9.17) is 14.2 Å². The van der Waals surface area contributed by atoms with Gasteiger partial charge in [-0.15, -0.1) is 0 Å². The molecule has 8 nitrogen and oxygen atoms in total. The Bertz CT molecular complexity index is 1430. The molecule has 0 spiro atoms. The Labute approximate surface area is 232 Å². The molecule has 0 atom stereocenters. The van der Waals surface area contributed by atoms with Crippen molar-refractivity contribution >= 4 is 35.2 Å². The van der Waals surface area contributed by atoms with Crippen molar-refractivity contribution in [3.05, 3.63) is 89.0 Å². The molecule has 1 heterocycles. The molecule has 0 saturated heterocycles. The Hall–Kier alpha value is -4.10. The fourth-order valence-corrected chi connectivity index (χ4v) is 4.76. The molecule has 0 saturated carbocycles. The third-order valence-corrected chi connectivity index (χ3v) is 6.72. The van der Waals surface area contributed by atoms with Crippen LogP contribution in [0.2, 0.25) is 0 Å². The van der Waals surface area contributed by atoms with E-state index in [1.165, 1.54) is 0 Å². The molecular weight excluding hydrogens is 514 g/mol. The molecule has 3 aromatic rings. The summed E-state index contributed by atoms with van der Waals surface area (Å²) in [5, 5.41) is 5.39. The average Bonchev–Trinajstić information content (AvgIpc) is 3.36. The van der Waals surface area contributed by atoms with Crippen molar-refractivity contribution in [2.75, 3.05) is 45.9 Å². The highest BCUT2D eigenvalue weighted by molar-refractivity contribution is 7.99. The lowest BCUT2D eigenvalue weighted by molar-refractivity contribution is 0.0447. The summed E-state index contributed by atoms with van der Waals surface area (Å²) < 4.78 is 15.3. The van der Waals surface area contributed by atoms with Crippen LogP contribution in [0.5, 0.6) is 0 Å². The van der Waals surface area contributed by atoms with Gasteiger partial charge < -0.3 is 19.5 Å². The average molecular weight is 544 g/mol. The number of amides is 2.